The zero-order chi connectivity index (χ0) is 14.4. The zero-order valence-electron chi connectivity index (χ0n) is 12.2. The van der Waals surface area contributed by atoms with E-state index in [2.05, 4.69) is 22.5 Å². The predicted octanol–water partition coefficient (Wildman–Crippen LogP) is -0.118. The maximum atomic E-state index is 11.7. The van der Waals surface area contributed by atoms with Crippen LogP contribution in [0, 0.1) is 0 Å². The summed E-state index contributed by atoms with van der Waals surface area (Å²) < 4.78 is 5.40. The van der Waals surface area contributed by atoms with Crippen LogP contribution in [0.15, 0.2) is 0 Å². The number of hydrogen-bond acceptors (Lipinski definition) is 4. The first-order chi connectivity index (χ1) is 9.70. The molecule has 114 valence electrons. The molecular formula is C14H25N3O3. The molecule has 0 radical (unpaired) electrons. The molecule has 2 aliphatic heterocycles. The minimum atomic E-state index is -0.554. The summed E-state index contributed by atoms with van der Waals surface area (Å²) in [6, 6.07) is 0.370. The summed E-state index contributed by atoms with van der Waals surface area (Å²) in [5, 5.41) is 5.37. The summed E-state index contributed by atoms with van der Waals surface area (Å²) in [7, 11) is 0. The minimum absolute atomic E-state index is 0.0668. The Bertz CT molecular complexity index is 343. The van der Waals surface area contributed by atoms with Gasteiger partial charge in [0.05, 0.1) is 6.10 Å². The highest BCUT2D eigenvalue weighted by molar-refractivity contribution is 6.35. The van der Waals surface area contributed by atoms with Crippen LogP contribution in [-0.2, 0) is 14.3 Å². The molecule has 20 heavy (non-hydrogen) atoms. The molecule has 2 amide bonds. The van der Waals surface area contributed by atoms with Crippen LogP contribution in [0.1, 0.15) is 32.6 Å². The van der Waals surface area contributed by atoms with Crippen LogP contribution in [0.2, 0.25) is 0 Å². The fraction of sp³-hybridized carbons (Fsp3) is 0.857. The molecule has 0 saturated carbocycles. The number of nitrogens with zero attached hydrogens (tertiary/aromatic N) is 1. The van der Waals surface area contributed by atoms with Crippen molar-refractivity contribution in [3.05, 3.63) is 0 Å². The van der Waals surface area contributed by atoms with Gasteiger partial charge in [0.15, 0.2) is 0 Å². The fourth-order valence-electron chi connectivity index (χ4n) is 2.93. The normalized spacial score (nSPS) is 26.6. The second-order valence-electron chi connectivity index (χ2n) is 5.48. The van der Waals surface area contributed by atoms with E-state index < -0.39 is 11.8 Å². The Hall–Kier alpha value is -1.14. The molecule has 6 nitrogen and oxygen atoms in total. The molecular weight excluding hydrogens is 258 g/mol. The van der Waals surface area contributed by atoms with Crippen LogP contribution in [-0.4, -0.2) is 61.6 Å². The van der Waals surface area contributed by atoms with Crippen LogP contribution in [0.3, 0.4) is 0 Å². The average Bonchev–Trinajstić information content (AvgIpc) is 3.12. The van der Waals surface area contributed by atoms with E-state index in [0.717, 1.165) is 39.0 Å². The molecule has 2 atom stereocenters. The summed E-state index contributed by atoms with van der Waals surface area (Å²) >= 11 is 0. The van der Waals surface area contributed by atoms with Gasteiger partial charge < -0.3 is 15.4 Å². The molecule has 0 aromatic carbocycles. The maximum Gasteiger partial charge on any atom is 0.309 e. The molecule has 0 spiro atoms. The molecule has 0 bridgehead atoms. The van der Waals surface area contributed by atoms with Crippen molar-refractivity contribution in [2.75, 3.05) is 32.8 Å². The van der Waals surface area contributed by atoms with E-state index in [1.807, 2.05) is 0 Å². The summed E-state index contributed by atoms with van der Waals surface area (Å²) in [6.45, 7) is 5.93. The highest BCUT2D eigenvalue weighted by atomic mass is 16.5. The Morgan fingerprint density at radius 1 is 1.15 bits per heavy atom. The first-order valence-electron chi connectivity index (χ1n) is 7.62. The van der Waals surface area contributed by atoms with Gasteiger partial charge in [-0.15, -0.1) is 0 Å². The molecule has 2 N–H and O–H groups in total. The van der Waals surface area contributed by atoms with E-state index in [0.29, 0.717) is 19.1 Å². The summed E-state index contributed by atoms with van der Waals surface area (Å²) in [5.74, 6) is -1.09. The monoisotopic (exact) mass is 283 g/mol. The van der Waals surface area contributed by atoms with Gasteiger partial charge in [-0.3, -0.25) is 14.5 Å². The lowest BCUT2D eigenvalue weighted by molar-refractivity contribution is -0.139. The van der Waals surface area contributed by atoms with Gasteiger partial charge in [-0.25, -0.2) is 0 Å². The van der Waals surface area contributed by atoms with Crippen LogP contribution < -0.4 is 10.6 Å². The number of nitrogens with one attached hydrogen (secondary N) is 2. The van der Waals surface area contributed by atoms with Gasteiger partial charge in [0.1, 0.15) is 0 Å². The lowest BCUT2D eigenvalue weighted by Crippen LogP contribution is -2.46. The molecule has 2 rings (SSSR count). The van der Waals surface area contributed by atoms with E-state index in [1.165, 1.54) is 6.42 Å². The van der Waals surface area contributed by atoms with Crippen molar-refractivity contribution >= 4 is 11.8 Å². The number of carbonyl (C=O) groups is 2. The van der Waals surface area contributed by atoms with Gasteiger partial charge in [0.2, 0.25) is 0 Å². The van der Waals surface area contributed by atoms with E-state index in [4.69, 9.17) is 4.74 Å². The number of carbonyl (C=O) groups excluding carboxylic acids is 2. The Morgan fingerprint density at radius 2 is 1.90 bits per heavy atom. The van der Waals surface area contributed by atoms with Crippen molar-refractivity contribution in [2.24, 2.45) is 0 Å². The van der Waals surface area contributed by atoms with E-state index >= 15 is 0 Å². The van der Waals surface area contributed by atoms with E-state index in [-0.39, 0.29) is 6.10 Å². The Morgan fingerprint density at radius 3 is 2.55 bits per heavy atom. The van der Waals surface area contributed by atoms with Gasteiger partial charge >= 0.3 is 11.8 Å². The smallest absolute Gasteiger partial charge is 0.309 e. The predicted molar refractivity (Wildman–Crippen MR) is 75.3 cm³/mol. The second kappa shape index (κ2) is 7.59. The molecule has 0 aromatic rings. The van der Waals surface area contributed by atoms with Gasteiger partial charge in [-0.05, 0) is 38.8 Å². The van der Waals surface area contributed by atoms with E-state index in [9.17, 15) is 9.59 Å². The van der Waals surface area contributed by atoms with Crippen molar-refractivity contribution in [3.63, 3.8) is 0 Å². The Balaban J connectivity index is 1.64. The average molecular weight is 283 g/mol. The van der Waals surface area contributed by atoms with Crippen molar-refractivity contribution in [1.82, 2.24) is 15.5 Å². The highest BCUT2D eigenvalue weighted by Gasteiger charge is 2.24. The van der Waals surface area contributed by atoms with Gasteiger partial charge in [0, 0.05) is 25.7 Å². The third-order valence-electron chi connectivity index (χ3n) is 4.12. The Labute approximate surface area is 120 Å². The SMILES string of the molecule is CCN1CCC[C@@H]1CNC(=O)C(=O)NC[C@@H]1CCCO1. The molecule has 0 aliphatic carbocycles. The van der Waals surface area contributed by atoms with Crippen LogP contribution in [0.5, 0.6) is 0 Å². The Kier molecular flexibility index (Phi) is 5.79. The van der Waals surface area contributed by atoms with Crippen LogP contribution >= 0.6 is 0 Å². The van der Waals surface area contributed by atoms with Crippen molar-refractivity contribution < 1.29 is 14.3 Å². The minimum Gasteiger partial charge on any atom is -0.376 e. The topological polar surface area (TPSA) is 70.7 Å². The summed E-state index contributed by atoms with van der Waals surface area (Å²) in [4.78, 5) is 25.7. The number of amides is 2. The number of likely N-dealkylation sites (tertiary alicyclic amines) is 1. The van der Waals surface area contributed by atoms with E-state index in [1.54, 1.807) is 0 Å². The lowest BCUT2D eigenvalue weighted by atomic mass is 10.2. The summed E-state index contributed by atoms with van der Waals surface area (Å²) in [5.41, 5.74) is 0. The molecule has 0 unspecified atom stereocenters. The van der Waals surface area contributed by atoms with Crippen molar-refractivity contribution in [1.29, 1.82) is 0 Å². The third-order valence-corrected chi connectivity index (χ3v) is 4.12. The first kappa shape index (κ1) is 15.3. The number of hydrogen-bond donors (Lipinski definition) is 2. The van der Waals surface area contributed by atoms with Crippen molar-refractivity contribution in [3.8, 4) is 0 Å². The molecule has 2 saturated heterocycles. The molecule has 2 aliphatic rings. The molecule has 0 aromatic heterocycles. The summed E-state index contributed by atoms with van der Waals surface area (Å²) in [6.07, 6.45) is 4.30. The molecule has 2 heterocycles. The van der Waals surface area contributed by atoms with Gasteiger partial charge in [0.25, 0.3) is 0 Å². The first-order valence-corrected chi connectivity index (χ1v) is 7.62. The lowest BCUT2D eigenvalue weighted by Gasteiger charge is -2.22. The van der Waals surface area contributed by atoms with Gasteiger partial charge in [-0.1, -0.05) is 6.92 Å². The quantitative estimate of drug-likeness (QED) is 0.690. The fourth-order valence-corrected chi connectivity index (χ4v) is 2.93. The van der Waals surface area contributed by atoms with Crippen LogP contribution in [0.25, 0.3) is 0 Å². The number of likely N-dealkylation sites (N-methyl/N-ethyl adjacent to an activating group) is 1. The number of ether oxygens (including phenoxy) is 1. The standard InChI is InChI=1S/C14H25N3O3/c1-2-17-7-3-5-11(17)9-15-13(18)14(19)16-10-12-6-4-8-20-12/h11-12H,2-10H2,1H3,(H,15,18)(H,16,19)/t11-,12+/m1/s1. The maximum absolute atomic E-state index is 11.7. The highest BCUT2D eigenvalue weighted by Crippen LogP contribution is 2.15. The number of rotatable bonds is 5. The van der Waals surface area contributed by atoms with Crippen molar-refractivity contribution in [2.45, 2.75) is 44.8 Å². The third kappa shape index (κ3) is 4.18. The molecule has 6 heteroatoms. The molecule has 2 fully saturated rings. The second-order valence-corrected chi connectivity index (χ2v) is 5.48. The van der Waals surface area contributed by atoms with Gasteiger partial charge in [-0.2, -0.15) is 0 Å². The van der Waals surface area contributed by atoms with Crippen LogP contribution in [0.4, 0.5) is 0 Å². The zero-order valence-corrected chi connectivity index (χ0v) is 12.2. The largest absolute Gasteiger partial charge is 0.376 e.